The Morgan fingerprint density at radius 1 is 1.00 bits per heavy atom. The maximum atomic E-state index is 10.1. The largest absolute Gasteiger partial charge is 2.00 e. The van der Waals surface area contributed by atoms with E-state index in [4.69, 9.17) is 0 Å². The van der Waals surface area contributed by atoms with Gasteiger partial charge in [0.2, 0.25) is 0 Å². The van der Waals surface area contributed by atoms with Crippen molar-refractivity contribution in [1.29, 1.82) is 0 Å². The molecule has 5 nitrogen and oxygen atoms in total. The molecule has 0 rings (SSSR count). The zero-order chi connectivity index (χ0) is 8.15. The fourth-order valence-electron chi connectivity index (χ4n) is 0.318. The predicted molar refractivity (Wildman–Crippen MR) is 24.3 cm³/mol. The van der Waals surface area contributed by atoms with E-state index in [2.05, 4.69) is 0 Å². The molecule has 65 valence electrons. The topological polar surface area (TPSA) is 97.3 Å². The average molecular weight is 208 g/mol. The van der Waals surface area contributed by atoms with Crippen LogP contribution in [0.5, 0.6) is 0 Å². The summed E-state index contributed by atoms with van der Waals surface area (Å²) in [7, 11) is 0. The Hall–Kier alpha value is -0.871. The first-order chi connectivity index (χ1) is 4.54. The molecule has 0 saturated heterocycles. The molecule has 0 aromatic carbocycles. The number of ketones is 1. The third-order valence-electron chi connectivity index (χ3n) is 0.784. The quantitative estimate of drug-likeness (QED) is 0.358. The van der Waals surface area contributed by atoms with Gasteiger partial charge in [-0.05, 0) is 6.42 Å². The minimum absolute atomic E-state index is 0. The summed E-state index contributed by atoms with van der Waals surface area (Å²) in [5, 5.41) is 19.3. The predicted octanol–water partition coefficient (Wildman–Crippen LogP) is -3.17. The van der Waals surface area contributed by atoms with Gasteiger partial charge < -0.3 is 19.8 Å². The monoisotopic (exact) mass is 207 g/mol. The van der Waals surface area contributed by atoms with Crippen molar-refractivity contribution in [2.75, 3.05) is 0 Å². The summed E-state index contributed by atoms with van der Waals surface area (Å²) in [6.45, 7) is 0. The van der Waals surface area contributed by atoms with Crippen molar-refractivity contribution in [1.82, 2.24) is 0 Å². The van der Waals surface area contributed by atoms with E-state index in [9.17, 15) is 24.6 Å². The second-order valence-electron chi connectivity index (χ2n) is 1.58. The molecule has 0 heterocycles. The van der Waals surface area contributed by atoms with Crippen LogP contribution in [0, 0.1) is 0 Å². The number of aliphatic carboxylic acids is 2. The van der Waals surface area contributed by atoms with Gasteiger partial charge in [0.15, 0.2) is 5.78 Å². The summed E-state index contributed by atoms with van der Waals surface area (Å²) in [6, 6.07) is 0. The summed E-state index contributed by atoms with van der Waals surface area (Å²) < 4.78 is 0. The first-order valence-electron chi connectivity index (χ1n) is 2.48. The van der Waals surface area contributed by atoms with Crippen molar-refractivity contribution in [3.63, 3.8) is 0 Å². The van der Waals surface area contributed by atoms with Crippen molar-refractivity contribution >= 4 is 17.7 Å². The second kappa shape index (κ2) is 5.88. The number of carboxylic acid groups (broad SMARTS) is 2. The van der Waals surface area contributed by atoms with Crippen LogP contribution in [0.4, 0.5) is 0 Å². The van der Waals surface area contributed by atoms with Gasteiger partial charge in [-0.1, -0.05) is 0 Å². The Balaban J connectivity index is 0. The van der Waals surface area contributed by atoms with Gasteiger partial charge in [-0.25, -0.2) is 0 Å². The van der Waals surface area contributed by atoms with Crippen molar-refractivity contribution < 1.29 is 41.7 Å². The number of Topliss-reactive ketones (excluding diaryl/α,β-unsaturated/α-hetero) is 1. The van der Waals surface area contributed by atoms with E-state index in [0.717, 1.165) is 0 Å². The number of hydrogen-bond donors (Lipinski definition) is 0. The molecule has 0 atom stereocenters. The van der Waals surface area contributed by atoms with Gasteiger partial charge in [-0.2, -0.15) is 0 Å². The molecule has 0 saturated carbocycles. The summed E-state index contributed by atoms with van der Waals surface area (Å²) in [5.41, 5.74) is 0. The molecular formula is C5H4CuO5. The van der Waals surface area contributed by atoms with E-state index in [1.807, 2.05) is 0 Å². The van der Waals surface area contributed by atoms with Gasteiger partial charge in [0.1, 0.15) is 5.97 Å². The fourth-order valence-corrected chi connectivity index (χ4v) is 0.318. The Morgan fingerprint density at radius 3 is 1.73 bits per heavy atom. The number of carbonyl (C=O) groups excluding carboxylic acids is 3. The molecule has 0 spiro atoms. The summed E-state index contributed by atoms with van der Waals surface area (Å²) in [6.07, 6.45) is -1.14. The van der Waals surface area contributed by atoms with Crippen molar-refractivity contribution in [3.8, 4) is 0 Å². The van der Waals surface area contributed by atoms with Crippen molar-refractivity contribution in [2.24, 2.45) is 0 Å². The molecule has 0 bridgehead atoms. The average Bonchev–Trinajstić information content (AvgIpc) is 1.82. The summed E-state index contributed by atoms with van der Waals surface area (Å²) in [4.78, 5) is 29.4. The van der Waals surface area contributed by atoms with E-state index in [-0.39, 0.29) is 17.1 Å². The Morgan fingerprint density at radius 2 is 1.45 bits per heavy atom. The maximum Gasteiger partial charge on any atom is 2.00 e. The molecule has 0 aromatic rings. The Labute approximate surface area is 72.9 Å². The van der Waals surface area contributed by atoms with Crippen LogP contribution in [0.25, 0.3) is 0 Å². The zero-order valence-electron chi connectivity index (χ0n) is 5.26. The van der Waals surface area contributed by atoms with Gasteiger partial charge in [0.05, 0.1) is 0 Å². The number of rotatable bonds is 4. The van der Waals surface area contributed by atoms with Crippen LogP contribution in [-0.4, -0.2) is 17.7 Å². The number of hydrogen-bond acceptors (Lipinski definition) is 5. The van der Waals surface area contributed by atoms with E-state index >= 15 is 0 Å². The Bertz CT molecular complexity index is 176. The van der Waals surface area contributed by atoms with E-state index in [0.29, 0.717) is 0 Å². The zero-order valence-corrected chi connectivity index (χ0v) is 6.20. The molecule has 0 N–H and O–H groups in total. The van der Waals surface area contributed by atoms with Gasteiger partial charge in [0, 0.05) is 12.4 Å². The third kappa shape index (κ3) is 7.02. The smallest absolute Gasteiger partial charge is 0.550 e. The molecule has 11 heavy (non-hydrogen) atoms. The van der Waals surface area contributed by atoms with Crippen molar-refractivity contribution in [2.45, 2.75) is 12.8 Å². The van der Waals surface area contributed by atoms with Crippen LogP contribution in [0.3, 0.4) is 0 Å². The molecule has 0 unspecified atom stereocenters. The SMILES string of the molecule is O=C([O-])CCC(=O)C(=O)[O-].[Cu+2]. The first kappa shape index (κ1) is 12.8. The minimum Gasteiger partial charge on any atom is -0.550 e. The summed E-state index contributed by atoms with van der Waals surface area (Å²) in [5.74, 6) is -4.53. The molecule has 0 aliphatic rings. The molecule has 0 aliphatic heterocycles. The Kier molecular flexibility index (Phi) is 6.83. The number of carbonyl (C=O) groups is 3. The fraction of sp³-hybridized carbons (Fsp3) is 0.400. The molecule has 0 aromatic heterocycles. The van der Waals surface area contributed by atoms with Gasteiger partial charge in [-0.15, -0.1) is 0 Å². The van der Waals surface area contributed by atoms with E-state index in [1.54, 1.807) is 0 Å². The van der Waals surface area contributed by atoms with Crippen molar-refractivity contribution in [3.05, 3.63) is 0 Å². The van der Waals surface area contributed by atoms with E-state index < -0.39 is 30.6 Å². The molecular weight excluding hydrogens is 204 g/mol. The van der Waals surface area contributed by atoms with E-state index in [1.165, 1.54) is 0 Å². The second-order valence-corrected chi connectivity index (χ2v) is 1.58. The van der Waals surface area contributed by atoms with Gasteiger partial charge in [-0.3, -0.25) is 4.79 Å². The van der Waals surface area contributed by atoms with Crippen LogP contribution < -0.4 is 10.2 Å². The van der Waals surface area contributed by atoms with Crippen LogP contribution in [0.1, 0.15) is 12.8 Å². The van der Waals surface area contributed by atoms with Crippen LogP contribution in [-0.2, 0) is 31.5 Å². The molecule has 1 radical (unpaired) electrons. The van der Waals surface area contributed by atoms with Gasteiger partial charge in [0.25, 0.3) is 0 Å². The van der Waals surface area contributed by atoms with Crippen LogP contribution in [0.2, 0.25) is 0 Å². The standard InChI is InChI=1S/C5H6O5.Cu/c6-3(5(9)10)1-2-4(7)8;/h1-2H2,(H,7,8)(H,9,10);/q;+2/p-2. The normalized spacial score (nSPS) is 8.00. The third-order valence-corrected chi connectivity index (χ3v) is 0.784. The maximum absolute atomic E-state index is 10.1. The van der Waals surface area contributed by atoms with Crippen LogP contribution in [0.15, 0.2) is 0 Å². The molecule has 0 fully saturated rings. The first-order valence-corrected chi connectivity index (χ1v) is 2.48. The molecule has 6 heteroatoms. The molecule has 0 amide bonds. The van der Waals surface area contributed by atoms with Gasteiger partial charge >= 0.3 is 17.1 Å². The minimum atomic E-state index is -1.86. The number of carboxylic acids is 2. The van der Waals surface area contributed by atoms with Crippen LogP contribution >= 0.6 is 0 Å². The summed E-state index contributed by atoms with van der Waals surface area (Å²) >= 11 is 0. The molecule has 0 aliphatic carbocycles.